The predicted molar refractivity (Wildman–Crippen MR) is 70.1 cm³/mol. The molecule has 1 aromatic heterocycles. The van der Waals surface area contributed by atoms with Crippen molar-refractivity contribution in [2.45, 2.75) is 18.9 Å². The molecule has 0 aliphatic rings. The molecule has 1 rings (SSSR count). The van der Waals surface area contributed by atoms with Gasteiger partial charge in [-0.3, -0.25) is 0 Å². The Kier molecular flexibility index (Phi) is 5.24. The maximum absolute atomic E-state index is 11.0. The number of nitrogens with one attached hydrogen (secondary N) is 1. The van der Waals surface area contributed by atoms with Gasteiger partial charge in [-0.15, -0.1) is 11.3 Å². The molecule has 0 fully saturated rings. The highest BCUT2D eigenvalue weighted by atomic mass is 35.5. The number of sulfone groups is 1. The summed E-state index contributed by atoms with van der Waals surface area (Å²) >= 11 is 7.39. The zero-order chi connectivity index (χ0) is 12.2. The Hall–Kier alpha value is -0.100. The summed E-state index contributed by atoms with van der Waals surface area (Å²) in [5.41, 5.74) is 0. The van der Waals surface area contributed by atoms with E-state index >= 15 is 0 Å². The van der Waals surface area contributed by atoms with Crippen LogP contribution in [-0.2, 0) is 9.84 Å². The summed E-state index contributed by atoms with van der Waals surface area (Å²) in [5, 5.41) is 3.17. The standard InChI is InChI=1S/C10H16ClNO2S2/c1-12-8(4-3-7-16(2,13)14)9-5-6-10(11)15-9/h5-6,8,12H,3-4,7H2,1-2H3. The molecule has 0 spiro atoms. The maximum Gasteiger partial charge on any atom is 0.147 e. The summed E-state index contributed by atoms with van der Waals surface area (Å²) in [4.78, 5) is 1.15. The molecule has 0 amide bonds. The zero-order valence-electron chi connectivity index (χ0n) is 9.36. The van der Waals surface area contributed by atoms with Gasteiger partial charge >= 0.3 is 0 Å². The first kappa shape index (κ1) is 14.0. The summed E-state index contributed by atoms with van der Waals surface area (Å²) in [6.45, 7) is 0. The molecule has 0 aromatic carbocycles. The topological polar surface area (TPSA) is 46.2 Å². The van der Waals surface area contributed by atoms with E-state index in [-0.39, 0.29) is 11.8 Å². The second kappa shape index (κ2) is 6.00. The van der Waals surface area contributed by atoms with Crippen LogP contribution in [0.25, 0.3) is 0 Å². The van der Waals surface area contributed by atoms with Gasteiger partial charge in [0.25, 0.3) is 0 Å². The molecule has 0 radical (unpaired) electrons. The second-order valence-electron chi connectivity index (χ2n) is 3.76. The summed E-state index contributed by atoms with van der Waals surface area (Å²) in [6, 6.07) is 4.04. The van der Waals surface area contributed by atoms with Crippen molar-refractivity contribution in [3.8, 4) is 0 Å². The van der Waals surface area contributed by atoms with Crippen LogP contribution in [0.5, 0.6) is 0 Å². The summed E-state index contributed by atoms with van der Waals surface area (Å²) in [6.07, 6.45) is 2.74. The van der Waals surface area contributed by atoms with Crippen LogP contribution in [0.1, 0.15) is 23.8 Å². The molecule has 92 valence electrons. The van der Waals surface area contributed by atoms with Crippen molar-refractivity contribution in [3.63, 3.8) is 0 Å². The third-order valence-electron chi connectivity index (χ3n) is 2.29. The average Bonchev–Trinajstić information content (AvgIpc) is 2.58. The molecule has 1 aromatic rings. The number of thiophene rings is 1. The zero-order valence-corrected chi connectivity index (χ0v) is 11.8. The highest BCUT2D eigenvalue weighted by Gasteiger charge is 2.12. The van der Waals surface area contributed by atoms with Crippen molar-refractivity contribution in [2.24, 2.45) is 0 Å². The Morgan fingerprint density at radius 3 is 2.62 bits per heavy atom. The summed E-state index contributed by atoms with van der Waals surface area (Å²) < 4.78 is 22.8. The van der Waals surface area contributed by atoms with Crippen molar-refractivity contribution in [3.05, 3.63) is 21.3 Å². The lowest BCUT2D eigenvalue weighted by Crippen LogP contribution is -2.16. The van der Waals surface area contributed by atoms with E-state index in [1.54, 1.807) is 0 Å². The molecular weight excluding hydrogens is 266 g/mol. The van der Waals surface area contributed by atoms with Crippen LogP contribution in [0.4, 0.5) is 0 Å². The summed E-state index contributed by atoms with van der Waals surface area (Å²) in [7, 11) is -0.982. The molecular formula is C10H16ClNO2S2. The van der Waals surface area contributed by atoms with Crippen molar-refractivity contribution in [2.75, 3.05) is 19.1 Å². The van der Waals surface area contributed by atoms with Gasteiger partial charge in [0.1, 0.15) is 9.84 Å². The molecule has 0 bridgehead atoms. The Bertz CT molecular complexity index is 428. The molecule has 0 saturated carbocycles. The third kappa shape index (κ3) is 4.82. The van der Waals surface area contributed by atoms with E-state index in [0.717, 1.165) is 15.6 Å². The molecule has 1 N–H and O–H groups in total. The van der Waals surface area contributed by atoms with E-state index in [2.05, 4.69) is 5.32 Å². The van der Waals surface area contributed by atoms with Crippen LogP contribution in [0.2, 0.25) is 4.34 Å². The fourth-order valence-corrected chi connectivity index (χ4v) is 3.39. The van der Waals surface area contributed by atoms with Gasteiger partial charge in [-0.05, 0) is 32.0 Å². The first-order chi connectivity index (χ1) is 7.42. The van der Waals surface area contributed by atoms with Crippen LogP contribution in [0, 0.1) is 0 Å². The maximum atomic E-state index is 11.0. The van der Waals surface area contributed by atoms with Crippen LogP contribution in [0.3, 0.4) is 0 Å². The Labute approximate surface area is 106 Å². The van der Waals surface area contributed by atoms with Crippen molar-refractivity contribution < 1.29 is 8.42 Å². The minimum absolute atomic E-state index is 0.194. The molecule has 0 saturated heterocycles. The fourth-order valence-electron chi connectivity index (χ4n) is 1.49. The highest BCUT2D eigenvalue weighted by molar-refractivity contribution is 7.90. The molecule has 0 aliphatic carbocycles. The van der Waals surface area contributed by atoms with Gasteiger partial charge in [-0.1, -0.05) is 11.6 Å². The van der Waals surface area contributed by atoms with Gasteiger partial charge in [0.05, 0.1) is 4.34 Å². The monoisotopic (exact) mass is 281 g/mol. The smallest absolute Gasteiger partial charge is 0.147 e. The van der Waals surface area contributed by atoms with Gasteiger partial charge in [0.15, 0.2) is 0 Å². The average molecular weight is 282 g/mol. The highest BCUT2D eigenvalue weighted by Crippen LogP contribution is 2.29. The first-order valence-corrected chi connectivity index (χ1v) is 8.28. The molecule has 1 heterocycles. The van der Waals surface area contributed by atoms with Gasteiger partial charge in [0.2, 0.25) is 0 Å². The number of halogens is 1. The SMILES string of the molecule is CNC(CCCS(C)(=O)=O)c1ccc(Cl)s1. The molecule has 1 unspecified atom stereocenters. The van der Waals surface area contributed by atoms with Crippen molar-refractivity contribution in [1.29, 1.82) is 0 Å². The summed E-state index contributed by atoms with van der Waals surface area (Å²) in [5.74, 6) is 0.240. The molecule has 1 atom stereocenters. The van der Waals surface area contributed by atoms with Gasteiger partial charge in [-0.25, -0.2) is 8.42 Å². The molecule has 16 heavy (non-hydrogen) atoms. The Morgan fingerprint density at radius 1 is 1.50 bits per heavy atom. The molecule has 6 heteroatoms. The Morgan fingerprint density at radius 2 is 2.19 bits per heavy atom. The molecule has 0 aliphatic heterocycles. The van der Waals surface area contributed by atoms with Gasteiger partial charge in [0, 0.05) is 22.9 Å². The van der Waals surface area contributed by atoms with Crippen LogP contribution >= 0.6 is 22.9 Å². The van der Waals surface area contributed by atoms with E-state index < -0.39 is 9.84 Å². The minimum Gasteiger partial charge on any atom is -0.312 e. The lowest BCUT2D eigenvalue weighted by Gasteiger charge is -2.13. The van der Waals surface area contributed by atoms with Gasteiger partial charge < -0.3 is 5.32 Å². The number of rotatable bonds is 6. The quantitative estimate of drug-likeness (QED) is 0.871. The van der Waals surface area contributed by atoms with Crippen LogP contribution < -0.4 is 5.32 Å². The van der Waals surface area contributed by atoms with Crippen LogP contribution in [0.15, 0.2) is 12.1 Å². The van der Waals surface area contributed by atoms with E-state index in [1.165, 1.54) is 17.6 Å². The Balaban J connectivity index is 2.50. The predicted octanol–water partition coefficient (Wildman–Crippen LogP) is 2.49. The van der Waals surface area contributed by atoms with Crippen LogP contribution in [-0.4, -0.2) is 27.5 Å². The minimum atomic E-state index is -2.86. The van der Waals surface area contributed by atoms with E-state index in [1.807, 2.05) is 19.2 Å². The lowest BCUT2D eigenvalue weighted by molar-refractivity contribution is 0.543. The van der Waals surface area contributed by atoms with E-state index in [0.29, 0.717) is 6.42 Å². The lowest BCUT2D eigenvalue weighted by atomic mass is 10.1. The first-order valence-electron chi connectivity index (χ1n) is 5.02. The number of hydrogen-bond donors (Lipinski definition) is 1. The van der Waals surface area contributed by atoms with Crippen molar-refractivity contribution in [1.82, 2.24) is 5.32 Å². The second-order valence-corrected chi connectivity index (χ2v) is 7.76. The van der Waals surface area contributed by atoms with Gasteiger partial charge in [-0.2, -0.15) is 0 Å². The largest absolute Gasteiger partial charge is 0.312 e. The fraction of sp³-hybridized carbons (Fsp3) is 0.600. The van der Waals surface area contributed by atoms with E-state index in [4.69, 9.17) is 11.6 Å². The number of hydrogen-bond acceptors (Lipinski definition) is 4. The normalized spacial score (nSPS) is 13.9. The van der Waals surface area contributed by atoms with Crippen molar-refractivity contribution >= 4 is 32.8 Å². The third-order valence-corrected chi connectivity index (χ3v) is 4.67. The molecule has 3 nitrogen and oxygen atoms in total. The van der Waals surface area contributed by atoms with E-state index in [9.17, 15) is 8.42 Å².